The SMILES string of the molecule is CSCc1ccc(C(=O)NCC(C)(O)c2ccc(C)o2)cc1. The number of amides is 1. The summed E-state index contributed by atoms with van der Waals surface area (Å²) in [7, 11) is 0. The molecule has 0 fully saturated rings. The first-order valence-electron chi connectivity index (χ1n) is 7.08. The second kappa shape index (κ2) is 7.03. The Morgan fingerprint density at radius 2 is 1.95 bits per heavy atom. The number of carbonyl (C=O) groups excluding carboxylic acids is 1. The van der Waals surface area contributed by atoms with Crippen molar-refractivity contribution in [3.8, 4) is 0 Å². The van der Waals surface area contributed by atoms with E-state index in [0.717, 1.165) is 11.5 Å². The molecule has 2 rings (SSSR count). The van der Waals surface area contributed by atoms with Crippen molar-refractivity contribution < 1.29 is 14.3 Å². The van der Waals surface area contributed by atoms with Crippen molar-refractivity contribution in [2.45, 2.75) is 25.2 Å². The van der Waals surface area contributed by atoms with Crippen molar-refractivity contribution in [2.24, 2.45) is 0 Å². The maximum Gasteiger partial charge on any atom is 0.251 e. The van der Waals surface area contributed by atoms with E-state index in [2.05, 4.69) is 5.32 Å². The lowest BCUT2D eigenvalue weighted by atomic mass is 10.0. The van der Waals surface area contributed by atoms with E-state index in [-0.39, 0.29) is 12.5 Å². The predicted octanol–water partition coefficient (Wildman–Crippen LogP) is 3.09. The van der Waals surface area contributed by atoms with Gasteiger partial charge in [0.15, 0.2) is 0 Å². The number of aliphatic hydroxyl groups is 1. The van der Waals surface area contributed by atoms with Crippen molar-refractivity contribution in [1.29, 1.82) is 0 Å². The maximum absolute atomic E-state index is 12.1. The van der Waals surface area contributed by atoms with Crippen LogP contribution in [0.1, 0.15) is 34.4 Å². The zero-order chi connectivity index (χ0) is 16.2. The van der Waals surface area contributed by atoms with E-state index >= 15 is 0 Å². The third kappa shape index (κ3) is 4.15. The van der Waals surface area contributed by atoms with Gasteiger partial charge in [-0.2, -0.15) is 11.8 Å². The van der Waals surface area contributed by atoms with E-state index in [1.54, 1.807) is 43.0 Å². The third-order valence-electron chi connectivity index (χ3n) is 3.39. The molecule has 5 heteroatoms. The molecule has 0 radical (unpaired) electrons. The van der Waals surface area contributed by atoms with Crippen LogP contribution in [0.15, 0.2) is 40.8 Å². The zero-order valence-electron chi connectivity index (χ0n) is 13.1. The summed E-state index contributed by atoms with van der Waals surface area (Å²) in [6.07, 6.45) is 2.04. The van der Waals surface area contributed by atoms with Crippen LogP contribution in [0.4, 0.5) is 0 Å². The summed E-state index contributed by atoms with van der Waals surface area (Å²) in [4.78, 5) is 12.1. The molecule has 0 saturated heterocycles. The molecule has 0 saturated carbocycles. The van der Waals surface area contributed by atoms with Crippen LogP contribution in [-0.2, 0) is 11.4 Å². The van der Waals surface area contributed by atoms with Crippen molar-refractivity contribution >= 4 is 17.7 Å². The highest BCUT2D eigenvalue weighted by Crippen LogP contribution is 2.22. The molecule has 1 aromatic heterocycles. The first-order valence-corrected chi connectivity index (χ1v) is 8.47. The fraction of sp³-hybridized carbons (Fsp3) is 0.353. The molecule has 1 aromatic carbocycles. The standard InChI is InChI=1S/C17H21NO3S/c1-12-4-9-15(21-12)17(2,20)11-18-16(19)14-7-5-13(6-8-14)10-22-3/h4-9,20H,10-11H2,1-3H3,(H,18,19). The topological polar surface area (TPSA) is 62.5 Å². The Labute approximate surface area is 134 Å². The number of benzene rings is 1. The highest BCUT2D eigenvalue weighted by molar-refractivity contribution is 7.97. The van der Waals surface area contributed by atoms with Crippen LogP contribution in [0.25, 0.3) is 0 Å². The average Bonchev–Trinajstić information content (AvgIpc) is 2.93. The van der Waals surface area contributed by atoms with Crippen molar-refractivity contribution in [3.05, 3.63) is 59.0 Å². The van der Waals surface area contributed by atoms with Gasteiger partial charge in [-0.05, 0) is 49.9 Å². The number of nitrogens with one attached hydrogen (secondary N) is 1. The number of furan rings is 1. The lowest BCUT2D eigenvalue weighted by molar-refractivity contribution is 0.0323. The molecule has 1 heterocycles. The van der Waals surface area contributed by atoms with Gasteiger partial charge >= 0.3 is 0 Å². The van der Waals surface area contributed by atoms with Gasteiger partial charge in [0.25, 0.3) is 5.91 Å². The molecule has 0 aliphatic heterocycles. The normalized spacial score (nSPS) is 13.6. The van der Waals surface area contributed by atoms with Gasteiger partial charge in [0.2, 0.25) is 0 Å². The molecule has 1 unspecified atom stereocenters. The van der Waals surface area contributed by atoms with Crippen LogP contribution in [0.5, 0.6) is 0 Å². The van der Waals surface area contributed by atoms with Gasteiger partial charge in [0.05, 0.1) is 6.54 Å². The fourth-order valence-electron chi connectivity index (χ4n) is 2.08. The van der Waals surface area contributed by atoms with Gasteiger partial charge in [-0.15, -0.1) is 0 Å². The Balaban J connectivity index is 1.97. The summed E-state index contributed by atoms with van der Waals surface area (Å²) in [6, 6.07) is 11.0. The van der Waals surface area contributed by atoms with Crippen LogP contribution >= 0.6 is 11.8 Å². The highest BCUT2D eigenvalue weighted by atomic mass is 32.2. The lowest BCUT2D eigenvalue weighted by Gasteiger charge is -2.21. The molecule has 1 amide bonds. The number of rotatable bonds is 6. The van der Waals surface area contributed by atoms with Crippen LogP contribution < -0.4 is 5.32 Å². The third-order valence-corrected chi connectivity index (χ3v) is 4.01. The summed E-state index contributed by atoms with van der Waals surface area (Å²) in [5.41, 5.74) is 0.529. The molecular weight excluding hydrogens is 298 g/mol. The van der Waals surface area contributed by atoms with Gasteiger partial charge in [0.1, 0.15) is 17.1 Å². The van der Waals surface area contributed by atoms with E-state index in [1.807, 2.05) is 25.3 Å². The van der Waals surface area contributed by atoms with Crippen LogP contribution in [-0.4, -0.2) is 23.8 Å². The summed E-state index contributed by atoms with van der Waals surface area (Å²) in [5.74, 6) is 1.89. The number of hydrogen-bond donors (Lipinski definition) is 2. The molecule has 2 aromatic rings. The number of hydrogen-bond acceptors (Lipinski definition) is 4. The zero-order valence-corrected chi connectivity index (χ0v) is 13.9. The van der Waals surface area contributed by atoms with E-state index in [1.165, 1.54) is 5.56 Å². The van der Waals surface area contributed by atoms with Gasteiger partial charge in [-0.3, -0.25) is 4.79 Å². The minimum Gasteiger partial charge on any atom is -0.463 e. The molecule has 118 valence electrons. The molecule has 0 bridgehead atoms. The van der Waals surface area contributed by atoms with Gasteiger partial charge < -0.3 is 14.8 Å². The Kier molecular flexibility index (Phi) is 5.32. The van der Waals surface area contributed by atoms with Crippen LogP contribution in [0.3, 0.4) is 0 Å². The molecule has 4 nitrogen and oxygen atoms in total. The quantitative estimate of drug-likeness (QED) is 0.859. The van der Waals surface area contributed by atoms with Crippen LogP contribution in [0, 0.1) is 6.92 Å². The summed E-state index contributed by atoms with van der Waals surface area (Å²) in [6.45, 7) is 3.52. The summed E-state index contributed by atoms with van der Waals surface area (Å²) >= 11 is 1.74. The van der Waals surface area contributed by atoms with Crippen LogP contribution in [0.2, 0.25) is 0 Å². The molecular formula is C17H21NO3S. The summed E-state index contributed by atoms with van der Waals surface area (Å²) in [5, 5.41) is 13.1. The second-order valence-electron chi connectivity index (χ2n) is 5.50. The summed E-state index contributed by atoms with van der Waals surface area (Å²) < 4.78 is 5.43. The molecule has 0 spiro atoms. The second-order valence-corrected chi connectivity index (χ2v) is 6.36. The number of aryl methyl sites for hydroxylation is 1. The predicted molar refractivity (Wildman–Crippen MR) is 89.0 cm³/mol. The van der Waals surface area contributed by atoms with Gasteiger partial charge in [-0.25, -0.2) is 0 Å². The first kappa shape index (κ1) is 16.6. The smallest absolute Gasteiger partial charge is 0.251 e. The Bertz CT molecular complexity index is 632. The number of carbonyl (C=O) groups is 1. The van der Waals surface area contributed by atoms with Crippen molar-refractivity contribution in [2.75, 3.05) is 12.8 Å². The number of thioether (sulfide) groups is 1. The highest BCUT2D eigenvalue weighted by Gasteiger charge is 2.27. The van der Waals surface area contributed by atoms with Gasteiger partial charge in [-0.1, -0.05) is 12.1 Å². The molecule has 22 heavy (non-hydrogen) atoms. The minimum absolute atomic E-state index is 0.0886. The minimum atomic E-state index is -1.23. The average molecular weight is 319 g/mol. The Morgan fingerprint density at radius 1 is 1.27 bits per heavy atom. The van der Waals surface area contributed by atoms with E-state index in [9.17, 15) is 9.90 Å². The molecule has 0 aliphatic carbocycles. The maximum atomic E-state index is 12.1. The first-order chi connectivity index (χ1) is 10.4. The lowest BCUT2D eigenvalue weighted by Crippen LogP contribution is -2.38. The molecule has 0 aliphatic rings. The van der Waals surface area contributed by atoms with E-state index < -0.39 is 5.60 Å². The largest absolute Gasteiger partial charge is 0.463 e. The van der Waals surface area contributed by atoms with Crippen molar-refractivity contribution in [1.82, 2.24) is 5.32 Å². The van der Waals surface area contributed by atoms with E-state index in [0.29, 0.717) is 11.3 Å². The monoisotopic (exact) mass is 319 g/mol. The molecule has 1 atom stereocenters. The van der Waals surface area contributed by atoms with Crippen molar-refractivity contribution in [3.63, 3.8) is 0 Å². The van der Waals surface area contributed by atoms with Gasteiger partial charge in [0, 0.05) is 11.3 Å². The molecule has 2 N–H and O–H groups in total. The Morgan fingerprint density at radius 3 is 2.50 bits per heavy atom. The van der Waals surface area contributed by atoms with E-state index in [4.69, 9.17) is 4.42 Å². The fourth-order valence-corrected chi connectivity index (χ4v) is 2.61. The Hall–Kier alpha value is -1.72.